The first-order chi connectivity index (χ1) is 6.00. The predicted molar refractivity (Wildman–Crippen MR) is 47.2 cm³/mol. The van der Waals surface area contributed by atoms with Crippen molar-refractivity contribution in [2.45, 2.75) is 51.3 Å². The van der Waals surface area contributed by atoms with Crippen LogP contribution in [0.5, 0.6) is 0 Å². The van der Waals surface area contributed by atoms with E-state index in [0.717, 1.165) is 0 Å². The SMILES string of the molecule is CC[C@H](O)[C@H]1OC(C)(C)OC1CO. The first-order valence-corrected chi connectivity index (χ1v) is 4.64. The molecule has 0 aromatic carbocycles. The van der Waals surface area contributed by atoms with Gasteiger partial charge in [-0.15, -0.1) is 0 Å². The summed E-state index contributed by atoms with van der Waals surface area (Å²) in [5.41, 5.74) is 0. The van der Waals surface area contributed by atoms with Gasteiger partial charge in [0.25, 0.3) is 0 Å². The normalized spacial score (nSPS) is 34.8. The molecule has 0 amide bonds. The third-order valence-electron chi connectivity index (χ3n) is 2.20. The molecule has 0 aromatic rings. The van der Waals surface area contributed by atoms with Gasteiger partial charge < -0.3 is 19.7 Å². The Morgan fingerprint density at radius 3 is 2.46 bits per heavy atom. The molecule has 2 N–H and O–H groups in total. The lowest BCUT2D eigenvalue weighted by Gasteiger charge is -2.20. The molecule has 0 bridgehead atoms. The maximum absolute atomic E-state index is 9.58. The molecular formula is C9H18O4. The molecule has 1 aliphatic rings. The van der Waals surface area contributed by atoms with Crippen LogP contribution in [-0.2, 0) is 9.47 Å². The smallest absolute Gasteiger partial charge is 0.164 e. The monoisotopic (exact) mass is 190 g/mol. The third-order valence-corrected chi connectivity index (χ3v) is 2.20. The molecule has 3 atom stereocenters. The Balaban J connectivity index is 2.63. The van der Waals surface area contributed by atoms with Crippen LogP contribution in [0.2, 0.25) is 0 Å². The highest BCUT2D eigenvalue weighted by Crippen LogP contribution is 2.30. The molecule has 1 rings (SSSR count). The van der Waals surface area contributed by atoms with Crippen LogP contribution in [0.4, 0.5) is 0 Å². The van der Waals surface area contributed by atoms with Crippen molar-refractivity contribution < 1.29 is 19.7 Å². The van der Waals surface area contributed by atoms with Crippen LogP contribution in [0.25, 0.3) is 0 Å². The third kappa shape index (κ3) is 2.40. The van der Waals surface area contributed by atoms with E-state index in [1.807, 2.05) is 6.92 Å². The Hall–Kier alpha value is -0.160. The van der Waals surface area contributed by atoms with Gasteiger partial charge in [0, 0.05) is 0 Å². The molecule has 1 fully saturated rings. The fourth-order valence-corrected chi connectivity index (χ4v) is 1.56. The Bertz CT molecular complexity index is 169. The molecule has 13 heavy (non-hydrogen) atoms. The van der Waals surface area contributed by atoms with Crippen molar-refractivity contribution in [3.63, 3.8) is 0 Å². The van der Waals surface area contributed by atoms with Crippen LogP contribution in [0.3, 0.4) is 0 Å². The van der Waals surface area contributed by atoms with Crippen molar-refractivity contribution in [2.24, 2.45) is 0 Å². The summed E-state index contributed by atoms with van der Waals surface area (Å²) in [5, 5.41) is 18.6. The zero-order valence-electron chi connectivity index (χ0n) is 8.36. The van der Waals surface area contributed by atoms with Gasteiger partial charge in [0.1, 0.15) is 12.2 Å². The summed E-state index contributed by atoms with van der Waals surface area (Å²) in [5.74, 6) is -0.700. The van der Waals surface area contributed by atoms with Gasteiger partial charge in [-0.1, -0.05) is 6.92 Å². The minimum absolute atomic E-state index is 0.120. The van der Waals surface area contributed by atoms with Crippen LogP contribution in [0, 0.1) is 0 Å². The second-order valence-electron chi connectivity index (χ2n) is 3.80. The van der Waals surface area contributed by atoms with E-state index >= 15 is 0 Å². The molecule has 1 saturated heterocycles. The molecule has 0 spiro atoms. The standard InChI is InChI=1S/C9H18O4/c1-4-6(11)8-7(5-10)12-9(2,3)13-8/h6-8,10-11H,4-5H2,1-3H3/t6-,7?,8+/m0/s1. The van der Waals surface area contributed by atoms with Crippen LogP contribution in [0.15, 0.2) is 0 Å². The van der Waals surface area contributed by atoms with E-state index < -0.39 is 24.1 Å². The first kappa shape index (κ1) is 10.9. The van der Waals surface area contributed by atoms with Gasteiger partial charge in [0.2, 0.25) is 0 Å². The second-order valence-corrected chi connectivity index (χ2v) is 3.80. The van der Waals surface area contributed by atoms with Crippen molar-refractivity contribution in [2.75, 3.05) is 6.61 Å². The predicted octanol–water partition coefficient (Wildman–Crippen LogP) is 0.270. The van der Waals surface area contributed by atoms with E-state index in [-0.39, 0.29) is 6.61 Å². The summed E-state index contributed by atoms with van der Waals surface area (Å²) in [6.45, 7) is 5.30. The first-order valence-electron chi connectivity index (χ1n) is 4.64. The summed E-state index contributed by atoms with van der Waals surface area (Å²) in [7, 11) is 0. The van der Waals surface area contributed by atoms with Crippen molar-refractivity contribution >= 4 is 0 Å². The van der Waals surface area contributed by atoms with Crippen molar-refractivity contribution in [1.29, 1.82) is 0 Å². The Morgan fingerprint density at radius 2 is 2.00 bits per heavy atom. The maximum atomic E-state index is 9.58. The van der Waals surface area contributed by atoms with E-state index in [1.54, 1.807) is 13.8 Å². The topological polar surface area (TPSA) is 58.9 Å². The summed E-state index contributed by atoms with van der Waals surface area (Å²) >= 11 is 0. The zero-order chi connectivity index (χ0) is 10.1. The Labute approximate surface area is 78.5 Å². The molecular weight excluding hydrogens is 172 g/mol. The van der Waals surface area contributed by atoms with E-state index in [0.29, 0.717) is 6.42 Å². The minimum Gasteiger partial charge on any atom is -0.394 e. The Kier molecular flexibility index (Phi) is 3.29. The minimum atomic E-state index is -0.700. The van der Waals surface area contributed by atoms with E-state index in [1.165, 1.54) is 0 Å². The van der Waals surface area contributed by atoms with Gasteiger partial charge in [-0.3, -0.25) is 0 Å². The molecule has 0 radical (unpaired) electrons. The number of aliphatic hydroxyl groups excluding tert-OH is 2. The molecule has 1 aliphatic heterocycles. The van der Waals surface area contributed by atoms with Crippen molar-refractivity contribution in [1.82, 2.24) is 0 Å². The number of aliphatic hydroxyl groups is 2. The number of ether oxygens (including phenoxy) is 2. The highest BCUT2D eigenvalue weighted by molar-refractivity contribution is 4.85. The van der Waals surface area contributed by atoms with Crippen LogP contribution in [-0.4, -0.2) is 40.9 Å². The lowest BCUT2D eigenvalue weighted by atomic mass is 10.1. The van der Waals surface area contributed by atoms with Crippen LogP contribution in [0.1, 0.15) is 27.2 Å². The van der Waals surface area contributed by atoms with Crippen LogP contribution >= 0.6 is 0 Å². The van der Waals surface area contributed by atoms with E-state index in [4.69, 9.17) is 14.6 Å². The molecule has 4 nitrogen and oxygen atoms in total. The highest BCUT2D eigenvalue weighted by Gasteiger charge is 2.43. The van der Waals surface area contributed by atoms with Gasteiger partial charge in [-0.25, -0.2) is 0 Å². The summed E-state index contributed by atoms with van der Waals surface area (Å²) in [6.07, 6.45) is -0.797. The average Bonchev–Trinajstić information content (AvgIpc) is 2.39. The average molecular weight is 190 g/mol. The van der Waals surface area contributed by atoms with Crippen molar-refractivity contribution in [3.8, 4) is 0 Å². The summed E-state index contributed by atoms with van der Waals surface area (Å²) in [4.78, 5) is 0. The molecule has 4 heteroatoms. The largest absolute Gasteiger partial charge is 0.394 e. The van der Waals surface area contributed by atoms with E-state index in [2.05, 4.69) is 0 Å². The fraction of sp³-hybridized carbons (Fsp3) is 1.00. The Morgan fingerprint density at radius 1 is 1.38 bits per heavy atom. The van der Waals surface area contributed by atoms with Gasteiger partial charge in [-0.2, -0.15) is 0 Å². The second kappa shape index (κ2) is 3.92. The highest BCUT2D eigenvalue weighted by atomic mass is 16.8. The van der Waals surface area contributed by atoms with Crippen LogP contribution < -0.4 is 0 Å². The maximum Gasteiger partial charge on any atom is 0.164 e. The summed E-state index contributed by atoms with van der Waals surface area (Å²) in [6, 6.07) is 0. The zero-order valence-corrected chi connectivity index (χ0v) is 8.36. The molecule has 78 valence electrons. The van der Waals surface area contributed by atoms with Crippen molar-refractivity contribution in [3.05, 3.63) is 0 Å². The fourth-order valence-electron chi connectivity index (χ4n) is 1.56. The van der Waals surface area contributed by atoms with Gasteiger partial charge in [0.05, 0.1) is 12.7 Å². The molecule has 0 aromatic heterocycles. The lowest BCUT2D eigenvalue weighted by molar-refractivity contribution is -0.156. The molecule has 1 heterocycles. The molecule has 1 unspecified atom stereocenters. The number of hydrogen-bond acceptors (Lipinski definition) is 4. The number of hydrogen-bond donors (Lipinski definition) is 2. The quantitative estimate of drug-likeness (QED) is 0.670. The number of rotatable bonds is 3. The lowest BCUT2D eigenvalue weighted by Crippen LogP contribution is -2.36. The molecule has 0 aliphatic carbocycles. The van der Waals surface area contributed by atoms with Gasteiger partial charge in [0.15, 0.2) is 5.79 Å². The van der Waals surface area contributed by atoms with Gasteiger partial charge in [-0.05, 0) is 20.3 Å². The molecule has 0 saturated carbocycles. The summed E-state index contributed by atoms with van der Waals surface area (Å²) < 4.78 is 10.9. The van der Waals surface area contributed by atoms with Gasteiger partial charge >= 0.3 is 0 Å². The van der Waals surface area contributed by atoms with E-state index in [9.17, 15) is 5.11 Å².